The molecule has 0 amide bonds. The third kappa shape index (κ3) is 1.94. The van der Waals surface area contributed by atoms with Crippen LogP contribution in [-0.2, 0) is 4.74 Å². The normalized spacial score (nSPS) is 27.9. The van der Waals surface area contributed by atoms with Gasteiger partial charge in [0.15, 0.2) is 22.6 Å². The summed E-state index contributed by atoms with van der Waals surface area (Å²) in [6, 6.07) is 0. The molecule has 0 saturated carbocycles. The second-order valence-electron chi connectivity index (χ2n) is 5.04. The summed E-state index contributed by atoms with van der Waals surface area (Å²) in [5, 5.41) is 9.59. The second-order valence-corrected chi connectivity index (χ2v) is 5.04. The van der Waals surface area contributed by atoms with E-state index in [0.717, 1.165) is 0 Å². The van der Waals surface area contributed by atoms with Gasteiger partial charge in [0, 0.05) is 12.3 Å². The van der Waals surface area contributed by atoms with E-state index < -0.39 is 17.9 Å². The number of imidazole rings is 1. The first-order valence-electron chi connectivity index (χ1n) is 6.59. The lowest BCUT2D eigenvalue weighted by molar-refractivity contribution is -0.0690. The Morgan fingerprint density at radius 3 is 3.05 bits per heavy atom. The Bertz CT molecular complexity index is 783. The van der Waals surface area contributed by atoms with Gasteiger partial charge in [-0.1, -0.05) is 12.0 Å². The number of nitrogen functional groups attached to an aromatic ring is 1. The average Bonchev–Trinajstić information content (AvgIpc) is 3.08. The molecule has 3 atom stereocenters. The Hall–Kier alpha value is -2.50. The van der Waals surface area contributed by atoms with Crippen molar-refractivity contribution in [2.24, 2.45) is 5.92 Å². The van der Waals surface area contributed by atoms with Crippen molar-refractivity contribution in [2.45, 2.75) is 18.2 Å². The minimum absolute atomic E-state index is 0.0510. The van der Waals surface area contributed by atoms with Gasteiger partial charge >= 0.3 is 6.08 Å². The molecule has 2 aromatic heterocycles. The summed E-state index contributed by atoms with van der Waals surface area (Å²) >= 11 is 0. The van der Waals surface area contributed by atoms with Crippen LogP contribution >= 0.6 is 0 Å². The fourth-order valence-corrected chi connectivity index (χ4v) is 2.71. The quantitative estimate of drug-likeness (QED) is 0.490. The van der Waals surface area contributed by atoms with E-state index in [-0.39, 0.29) is 29.5 Å². The fraction of sp³-hybridized carbons (Fsp3) is 0.357. The molecule has 0 radical (unpaired) electrons. The molecule has 8 heteroatoms. The first-order chi connectivity index (χ1) is 10.5. The molecule has 1 fully saturated rings. The van der Waals surface area contributed by atoms with Gasteiger partial charge in [-0.3, -0.25) is 4.57 Å². The number of hydrogen-bond donors (Lipinski definition) is 2. The number of halogens is 1. The lowest BCUT2D eigenvalue weighted by Gasteiger charge is -2.25. The van der Waals surface area contributed by atoms with Crippen molar-refractivity contribution < 1.29 is 14.2 Å². The molecule has 114 valence electrons. The van der Waals surface area contributed by atoms with Crippen LogP contribution in [0.25, 0.3) is 11.2 Å². The van der Waals surface area contributed by atoms with E-state index in [1.165, 1.54) is 10.9 Å². The van der Waals surface area contributed by atoms with Crippen LogP contribution in [0.3, 0.4) is 0 Å². The number of rotatable bonds is 3. The van der Waals surface area contributed by atoms with Crippen molar-refractivity contribution in [2.75, 3.05) is 12.3 Å². The smallest absolute Gasteiger partial charge is 0.312 e. The maximum atomic E-state index is 13.4. The van der Waals surface area contributed by atoms with Crippen LogP contribution in [0.5, 0.6) is 0 Å². The van der Waals surface area contributed by atoms with Crippen molar-refractivity contribution in [1.29, 1.82) is 0 Å². The molecular weight excluding hydrogens is 289 g/mol. The number of aliphatic hydroxyl groups excluding tert-OH is 1. The molecule has 3 N–H and O–H groups in total. The van der Waals surface area contributed by atoms with Crippen LogP contribution in [0.2, 0.25) is 0 Å². The Labute approximate surface area is 125 Å². The van der Waals surface area contributed by atoms with Crippen LogP contribution in [0.1, 0.15) is 12.6 Å². The zero-order valence-corrected chi connectivity index (χ0v) is 11.6. The van der Waals surface area contributed by atoms with Gasteiger partial charge in [0.1, 0.15) is 6.23 Å². The summed E-state index contributed by atoms with van der Waals surface area (Å²) in [5.74, 6) is 2.18. The van der Waals surface area contributed by atoms with E-state index in [9.17, 15) is 9.50 Å². The standard InChI is InChI=1S/C14H14FN5O2/c1-3-8-5-9(22-14(8,4-2)6-21)20-7-17-10-11(16)18-13(15)19-12(10)20/h2-3,7-9,21H,1,5-6H2,(H2,16,18,19)/t8-,9+,14+/m0/s1. The Balaban J connectivity index is 2.07. The highest BCUT2D eigenvalue weighted by atomic mass is 19.1. The van der Waals surface area contributed by atoms with Crippen molar-refractivity contribution in [3.8, 4) is 12.3 Å². The monoisotopic (exact) mass is 303 g/mol. The summed E-state index contributed by atoms with van der Waals surface area (Å²) in [7, 11) is 0. The number of terminal acetylenes is 1. The minimum Gasteiger partial charge on any atom is -0.392 e. The van der Waals surface area contributed by atoms with Crippen molar-refractivity contribution in [1.82, 2.24) is 19.5 Å². The van der Waals surface area contributed by atoms with Crippen molar-refractivity contribution in [3.63, 3.8) is 0 Å². The molecule has 1 aliphatic rings. The molecule has 0 aromatic carbocycles. The Kier molecular flexibility index (Phi) is 3.31. The molecular formula is C14H14FN5O2. The summed E-state index contributed by atoms with van der Waals surface area (Å²) in [5.41, 5.74) is 4.96. The van der Waals surface area contributed by atoms with Gasteiger partial charge in [-0.2, -0.15) is 14.4 Å². The van der Waals surface area contributed by atoms with E-state index in [1.807, 2.05) is 0 Å². The number of nitrogens with two attached hydrogens (primary N) is 1. The molecule has 3 rings (SSSR count). The average molecular weight is 303 g/mol. The maximum Gasteiger partial charge on any atom is 0.312 e. The predicted molar refractivity (Wildman–Crippen MR) is 76.8 cm³/mol. The highest BCUT2D eigenvalue weighted by Gasteiger charge is 2.47. The van der Waals surface area contributed by atoms with Crippen LogP contribution in [0.4, 0.5) is 10.2 Å². The minimum atomic E-state index is -1.17. The first kappa shape index (κ1) is 14.4. The summed E-state index contributed by atoms with van der Waals surface area (Å²) in [6.45, 7) is 3.37. The third-order valence-corrected chi connectivity index (χ3v) is 3.90. The van der Waals surface area contributed by atoms with E-state index in [2.05, 4.69) is 27.5 Å². The zero-order valence-electron chi connectivity index (χ0n) is 11.6. The molecule has 0 bridgehead atoms. The number of anilines is 1. The van der Waals surface area contributed by atoms with Crippen LogP contribution < -0.4 is 5.73 Å². The number of nitrogens with zero attached hydrogens (tertiary/aromatic N) is 4. The Morgan fingerprint density at radius 1 is 1.68 bits per heavy atom. The summed E-state index contributed by atoms with van der Waals surface area (Å²) in [6.07, 6.45) is 7.52. The highest BCUT2D eigenvalue weighted by molar-refractivity contribution is 5.81. The maximum absolute atomic E-state index is 13.4. The first-order valence-corrected chi connectivity index (χ1v) is 6.59. The van der Waals surface area contributed by atoms with Crippen LogP contribution in [-0.4, -0.2) is 36.8 Å². The van der Waals surface area contributed by atoms with Crippen molar-refractivity contribution >= 4 is 17.0 Å². The van der Waals surface area contributed by atoms with Crippen molar-refractivity contribution in [3.05, 3.63) is 25.1 Å². The molecule has 3 heterocycles. The summed E-state index contributed by atoms with van der Waals surface area (Å²) < 4.78 is 20.8. The lowest BCUT2D eigenvalue weighted by Crippen LogP contribution is -2.37. The van der Waals surface area contributed by atoms with E-state index in [4.69, 9.17) is 16.9 Å². The number of ether oxygens (including phenoxy) is 1. The van der Waals surface area contributed by atoms with E-state index in [0.29, 0.717) is 6.42 Å². The fourth-order valence-electron chi connectivity index (χ4n) is 2.71. The molecule has 2 aromatic rings. The lowest BCUT2D eigenvalue weighted by atomic mass is 9.88. The van der Waals surface area contributed by atoms with Gasteiger partial charge in [-0.05, 0) is 0 Å². The van der Waals surface area contributed by atoms with Gasteiger partial charge < -0.3 is 15.6 Å². The topological polar surface area (TPSA) is 99.1 Å². The van der Waals surface area contributed by atoms with E-state index >= 15 is 0 Å². The largest absolute Gasteiger partial charge is 0.392 e. The summed E-state index contributed by atoms with van der Waals surface area (Å²) in [4.78, 5) is 11.2. The SMILES string of the molecule is C#C[C@]1(CO)O[C@@H](n2cnc3c(N)nc(F)nc32)C[C@@H]1C=C. The van der Waals surface area contributed by atoms with Gasteiger partial charge in [0.2, 0.25) is 0 Å². The Morgan fingerprint density at radius 2 is 2.45 bits per heavy atom. The van der Waals surface area contributed by atoms with Gasteiger partial charge in [-0.15, -0.1) is 13.0 Å². The molecule has 1 saturated heterocycles. The zero-order chi connectivity index (χ0) is 15.9. The second kappa shape index (κ2) is 5.05. The van der Waals surface area contributed by atoms with Gasteiger partial charge in [-0.25, -0.2) is 4.98 Å². The number of hydrogen-bond acceptors (Lipinski definition) is 6. The number of aliphatic hydroxyl groups is 1. The van der Waals surface area contributed by atoms with E-state index in [1.54, 1.807) is 6.08 Å². The van der Waals surface area contributed by atoms with Crippen LogP contribution in [0.15, 0.2) is 19.0 Å². The third-order valence-electron chi connectivity index (χ3n) is 3.90. The molecule has 0 spiro atoms. The van der Waals surface area contributed by atoms with Crippen LogP contribution in [0, 0.1) is 24.3 Å². The molecule has 0 aliphatic carbocycles. The van der Waals surface area contributed by atoms with Gasteiger partial charge in [0.05, 0.1) is 12.9 Å². The molecule has 7 nitrogen and oxygen atoms in total. The van der Waals surface area contributed by atoms with Gasteiger partial charge in [0.25, 0.3) is 0 Å². The predicted octanol–water partition coefficient (Wildman–Crippen LogP) is 0.633. The molecule has 1 aliphatic heterocycles. The molecule has 0 unspecified atom stereocenters. The molecule has 22 heavy (non-hydrogen) atoms. The number of aromatic nitrogens is 4. The number of fused-ring (bicyclic) bond motifs is 1. The highest BCUT2D eigenvalue weighted by Crippen LogP contribution is 2.42.